The van der Waals surface area contributed by atoms with Crippen molar-refractivity contribution in [3.8, 4) is 0 Å². The molecule has 2 saturated heterocycles. The summed E-state index contributed by atoms with van der Waals surface area (Å²) in [6.45, 7) is 5.03. The molecule has 0 aromatic heterocycles. The van der Waals surface area contributed by atoms with Crippen molar-refractivity contribution in [3.63, 3.8) is 0 Å². The van der Waals surface area contributed by atoms with Crippen molar-refractivity contribution in [1.82, 2.24) is 8.61 Å². The van der Waals surface area contributed by atoms with Gasteiger partial charge in [-0.2, -0.15) is 17.0 Å². The lowest BCUT2D eigenvalue weighted by Gasteiger charge is -2.48. The molecule has 7 nitrogen and oxygen atoms in total. The maximum absolute atomic E-state index is 12.4. The number of carbonyl (C=O) groups is 1. The van der Waals surface area contributed by atoms with Crippen molar-refractivity contribution in [1.29, 1.82) is 0 Å². The molecule has 2 aliphatic rings. The van der Waals surface area contributed by atoms with Crippen LogP contribution in [0.25, 0.3) is 0 Å². The van der Waals surface area contributed by atoms with Gasteiger partial charge in [0.25, 0.3) is 10.2 Å². The third-order valence-electron chi connectivity index (χ3n) is 3.96. The number of piperidine rings is 1. The van der Waals surface area contributed by atoms with Gasteiger partial charge in [0.1, 0.15) is 6.61 Å². The molecule has 0 aromatic carbocycles. The van der Waals surface area contributed by atoms with Gasteiger partial charge < -0.3 is 9.84 Å². The van der Waals surface area contributed by atoms with E-state index in [0.29, 0.717) is 19.0 Å². The summed E-state index contributed by atoms with van der Waals surface area (Å²) in [5.41, 5.74) is -0.686. The Balaban J connectivity index is 1.89. The zero-order chi connectivity index (χ0) is 15.0. The lowest BCUT2D eigenvalue weighted by Crippen LogP contribution is -2.66. The first kappa shape index (κ1) is 15.7. The molecule has 0 unspecified atom stereocenters. The first-order valence-electron chi connectivity index (χ1n) is 6.84. The van der Waals surface area contributed by atoms with Crippen LogP contribution < -0.4 is 0 Å². The Morgan fingerprint density at radius 3 is 2.35 bits per heavy atom. The number of hydrogen-bond donors (Lipinski definition) is 1. The Morgan fingerprint density at radius 2 is 1.85 bits per heavy atom. The second kappa shape index (κ2) is 5.59. The van der Waals surface area contributed by atoms with Gasteiger partial charge in [-0.3, -0.25) is 0 Å². The normalized spacial score (nSPS) is 25.3. The topological polar surface area (TPSA) is 87.2 Å². The van der Waals surface area contributed by atoms with Crippen LogP contribution in [0.1, 0.15) is 26.7 Å². The Hall–Kier alpha value is -0.700. The maximum atomic E-state index is 12.4. The molecule has 2 fully saturated rings. The van der Waals surface area contributed by atoms with E-state index in [-0.39, 0.29) is 13.1 Å². The predicted molar refractivity (Wildman–Crippen MR) is 72.5 cm³/mol. The molecule has 0 spiro atoms. The third kappa shape index (κ3) is 3.30. The van der Waals surface area contributed by atoms with E-state index in [4.69, 9.17) is 9.84 Å². The summed E-state index contributed by atoms with van der Waals surface area (Å²) in [6.07, 6.45) is 1.78. The lowest BCUT2D eigenvalue weighted by atomic mass is 10.00. The van der Waals surface area contributed by atoms with Crippen molar-refractivity contribution < 1.29 is 23.1 Å². The third-order valence-corrected chi connectivity index (χ3v) is 5.89. The van der Waals surface area contributed by atoms with E-state index < -0.39 is 28.4 Å². The standard InChI is InChI=1S/C12H22N2O5S/c1-10-3-5-13(6-4-10)20(17,18)14-8-12(2,9-14)19-7-11(15)16/h10H,3-9H2,1-2H3,(H,15,16). The van der Waals surface area contributed by atoms with Crippen LogP contribution in [0.15, 0.2) is 0 Å². The van der Waals surface area contributed by atoms with E-state index in [1.54, 1.807) is 6.92 Å². The highest BCUT2D eigenvalue weighted by atomic mass is 32.2. The smallest absolute Gasteiger partial charge is 0.329 e. The number of aliphatic carboxylic acids is 1. The summed E-state index contributed by atoms with van der Waals surface area (Å²) in [5, 5.41) is 8.59. The van der Waals surface area contributed by atoms with Gasteiger partial charge in [-0.25, -0.2) is 4.79 Å². The van der Waals surface area contributed by atoms with E-state index >= 15 is 0 Å². The quantitative estimate of drug-likeness (QED) is 0.780. The molecule has 20 heavy (non-hydrogen) atoms. The van der Waals surface area contributed by atoms with Gasteiger partial charge in [-0.15, -0.1) is 0 Å². The molecule has 0 amide bonds. The molecule has 8 heteroatoms. The Kier molecular flexibility index (Phi) is 4.38. The minimum absolute atomic E-state index is 0.217. The van der Waals surface area contributed by atoms with Crippen LogP contribution in [0, 0.1) is 5.92 Å². The fraction of sp³-hybridized carbons (Fsp3) is 0.917. The maximum Gasteiger partial charge on any atom is 0.329 e. The summed E-state index contributed by atoms with van der Waals surface area (Å²) in [5.74, 6) is -0.473. The molecule has 0 radical (unpaired) electrons. The van der Waals surface area contributed by atoms with Gasteiger partial charge in [0.15, 0.2) is 0 Å². The molecule has 0 atom stereocenters. The summed E-state index contributed by atoms with van der Waals surface area (Å²) < 4.78 is 32.9. The lowest BCUT2D eigenvalue weighted by molar-refractivity contribution is -0.157. The molecule has 0 aromatic rings. The minimum Gasteiger partial charge on any atom is -0.480 e. The SMILES string of the molecule is CC1CCN(S(=O)(=O)N2CC(C)(OCC(=O)O)C2)CC1. The highest BCUT2D eigenvalue weighted by Gasteiger charge is 2.48. The molecule has 0 bridgehead atoms. The largest absolute Gasteiger partial charge is 0.480 e. The van der Waals surface area contributed by atoms with E-state index in [2.05, 4.69) is 6.92 Å². The van der Waals surface area contributed by atoms with E-state index in [1.165, 1.54) is 8.61 Å². The van der Waals surface area contributed by atoms with Crippen LogP contribution in [0.4, 0.5) is 0 Å². The van der Waals surface area contributed by atoms with Crippen LogP contribution in [0.5, 0.6) is 0 Å². The number of nitrogens with zero attached hydrogens (tertiary/aromatic N) is 2. The van der Waals surface area contributed by atoms with Gasteiger partial charge >= 0.3 is 5.97 Å². The summed E-state index contributed by atoms with van der Waals surface area (Å²) >= 11 is 0. The van der Waals surface area contributed by atoms with Gasteiger partial charge in [0.05, 0.1) is 5.60 Å². The Morgan fingerprint density at radius 1 is 1.30 bits per heavy atom. The van der Waals surface area contributed by atoms with Crippen molar-refractivity contribution in [3.05, 3.63) is 0 Å². The molecular formula is C12H22N2O5S. The minimum atomic E-state index is -3.42. The summed E-state index contributed by atoms with van der Waals surface area (Å²) in [6, 6.07) is 0. The van der Waals surface area contributed by atoms with Gasteiger partial charge in [-0.05, 0) is 25.7 Å². The monoisotopic (exact) mass is 306 g/mol. The number of carboxylic acid groups (broad SMARTS) is 1. The van der Waals surface area contributed by atoms with Gasteiger partial charge in [-0.1, -0.05) is 6.92 Å². The molecular weight excluding hydrogens is 284 g/mol. The Bertz CT molecular complexity index is 464. The van der Waals surface area contributed by atoms with Crippen molar-refractivity contribution >= 4 is 16.2 Å². The fourth-order valence-corrected chi connectivity index (χ4v) is 4.44. The number of hydrogen-bond acceptors (Lipinski definition) is 4. The second-order valence-electron chi connectivity index (χ2n) is 5.99. The number of rotatable bonds is 5. The molecule has 2 heterocycles. The zero-order valence-corrected chi connectivity index (χ0v) is 12.7. The van der Waals surface area contributed by atoms with Crippen LogP contribution in [-0.4, -0.2) is 66.5 Å². The summed E-state index contributed by atoms with van der Waals surface area (Å²) in [4.78, 5) is 10.5. The highest BCUT2D eigenvalue weighted by Crippen LogP contribution is 2.30. The van der Waals surface area contributed by atoms with Crippen molar-refractivity contribution in [2.75, 3.05) is 32.8 Å². The Labute approximate surface area is 119 Å². The van der Waals surface area contributed by atoms with Gasteiger partial charge in [0.2, 0.25) is 0 Å². The van der Waals surface area contributed by atoms with Crippen LogP contribution in [-0.2, 0) is 19.7 Å². The molecule has 2 aliphatic heterocycles. The number of ether oxygens (including phenoxy) is 1. The predicted octanol–water partition coefficient (Wildman–Crippen LogP) is 0.139. The first-order chi connectivity index (χ1) is 9.23. The van der Waals surface area contributed by atoms with E-state index in [1.807, 2.05) is 0 Å². The number of carboxylic acids is 1. The average molecular weight is 306 g/mol. The van der Waals surface area contributed by atoms with Crippen LogP contribution >= 0.6 is 0 Å². The molecule has 116 valence electrons. The second-order valence-corrected chi connectivity index (χ2v) is 7.92. The van der Waals surface area contributed by atoms with E-state index in [9.17, 15) is 13.2 Å². The molecule has 1 N–H and O–H groups in total. The fourth-order valence-electron chi connectivity index (χ4n) is 2.57. The van der Waals surface area contributed by atoms with Crippen molar-refractivity contribution in [2.45, 2.75) is 32.3 Å². The summed E-state index contributed by atoms with van der Waals surface area (Å²) in [7, 11) is -3.42. The van der Waals surface area contributed by atoms with Gasteiger partial charge in [0, 0.05) is 26.2 Å². The van der Waals surface area contributed by atoms with Crippen molar-refractivity contribution in [2.24, 2.45) is 5.92 Å². The van der Waals surface area contributed by atoms with E-state index in [0.717, 1.165) is 12.8 Å². The average Bonchev–Trinajstić information content (AvgIpc) is 2.33. The molecule has 0 aliphatic carbocycles. The van der Waals surface area contributed by atoms with Crippen LogP contribution in [0.2, 0.25) is 0 Å². The van der Waals surface area contributed by atoms with Crippen LogP contribution in [0.3, 0.4) is 0 Å². The first-order valence-corrected chi connectivity index (χ1v) is 8.24. The molecule has 0 saturated carbocycles. The highest BCUT2D eigenvalue weighted by molar-refractivity contribution is 7.86. The molecule has 2 rings (SSSR count). The zero-order valence-electron chi connectivity index (χ0n) is 11.9.